The SMILES string of the molecule is CC(=O)NCC1=C(Cc2ccccc2)Oc2ccccc2O1. The maximum Gasteiger partial charge on any atom is 0.217 e. The predicted octanol–water partition coefficient (Wildman–Crippen LogP) is 3.05. The Bertz CT molecular complexity index is 707. The monoisotopic (exact) mass is 295 g/mol. The number of hydrogen-bond donors (Lipinski definition) is 1. The number of para-hydroxylation sites is 2. The largest absolute Gasteiger partial charge is 0.454 e. The van der Waals surface area contributed by atoms with Crippen LogP contribution in [-0.2, 0) is 11.2 Å². The van der Waals surface area contributed by atoms with Gasteiger partial charge in [0.1, 0.15) is 5.76 Å². The number of carbonyl (C=O) groups is 1. The fraction of sp³-hybridized carbons (Fsp3) is 0.167. The second-order valence-electron chi connectivity index (χ2n) is 5.07. The minimum Gasteiger partial charge on any atom is -0.454 e. The predicted molar refractivity (Wildman–Crippen MR) is 83.6 cm³/mol. The lowest BCUT2D eigenvalue weighted by Gasteiger charge is -2.24. The van der Waals surface area contributed by atoms with E-state index in [9.17, 15) is 4.79 Å². The Hall–Kier alpha value is -2.75. The van der Waals surface area contributed by atoms with Crippen molar-refractivity contribution in [2.75, 3.05) is 6.54 Å². The van der Waals surface area contributed by atoms with Gasteiger partial charge in [-0.15, -0.1) is 0 Å². The molecular formula is C18H17NO3. The Kier molecular flexibility index (Phi) is 4.10. The maximum atomic E-state index is 11.2. The third-order valence-corrected chi connectivity index (χ3v) is 3.33. The van der Waals surface area contributed by atoms with E-state index in [-0.39, 0.29) is 5.91 Å². The zero-order valence-electron chi connectivity index (χ0n) is 12.3. The van der Waals surface area contributed by atoms with Crippen molar-refractivity contribution in [3.63, 3.8) is 0 Å². The van der Waals surface area contributed by atoms with Crippen molar-refractivity contribution in [1.29, 1.82) is 0 Å². The minimum atomic E-state index is -0.103. The summed E-state index contributed by atoms with van der Waals surface area (Å²) >= 11 is 0. The third kappa shape index (κ3) is 3.28. The van der Waals surface area contributed by atoms with Crippen LogP contribution in [0.15, 0.2) is 66.1 Å². The van der Waals surface area contributed by atoms with Gasteiger partial charge in [0.2, 0.25) is 5.91 Å². The van der Waals surface area contributed by atoms with Crippen LogP contribution in [0, 0.1) is 0 Å². The lowest BCUT2D eigenvalue weighted by molar-refractivity contribution is -0.118. The molecule has 1 aliphatic rings. The first-order valence-corrected chi connectivity index (χ1v) is 7.17. The molecule has 112 valence electrons. The standard InChI is InChI=1S/C18H17NO3/c1-13(20)19-12-18-17(11-14-7-3-2-4-8-14)21-15-9-5-6-10-16(15)22-18/h2-10H,11-12H2,1H3,(H,19,20). The zero-order valence-corrected chi connectivity index (χ0v) is 12.3. The molecule has 2 aromatic carbocycles. The van der Waals surface area contributed by atoms with Crippen molar-refractivity contribution >= 4 is 5.91 Å². The molecule has 4 nitrogen and oxygen atoms in total. The molecule has 4 heteroatoms. The summed E-state index contributed by atoms with van der Waals surface area (Å²) in [5, 5.41) is 2.76. The molecule has 1 heterocycles. The van der Waals surface area contributed by atoms with Crippen LogP contribution in [-0.4, -0.2) is 12.5 Å². The number of amides is 1. The van der Waals surface area contributed by atoms with Gasteiger partial charge in [0.15, 0.2) is 17.3 Å². The van der Waals surface area contributed by atoms with Gasteiger partial charge in [0, 0.05) is 13.3 Å². The maximum absolute atomic E-state index is 11.2. The van der Waals surface area contributed by atoms with E-state index in [4.69, 9.17) is 9.47 Å². The van der Waals surface area contributed by atoms with Crippen LogP contribution < -0.4 is 14.8 Å². The van der Waals surface area contributed by atoms with Gasteiger partial charge in [-0.25, -0.2) is 0 Å². The molecule has 22 heavy (non-hydrogen) atoms. The summed E-state index contributed by atoms with van der Waals surface area (Å²) in [6.45, 7) is 1.79. The van der Waals surface area contributed by atoms with E-state index in [1.807, 2.05) is 54.6 Å². The molecule has 0 fully saturated rings. The number of rotatable bonds is 4. The van der Waals surface area contributed by atoms with Crippen LogP contribution in [0.3, 0.4) is 0 Å². The number of nitrogens with one attached hydrogen (secondary N) is 1. The van der Waals surface area contributed by atoms with Crippen LogP contribution in [0.5, 0.6) is 11.5 Å². The molecule has 1 amide bonds. The number of hydrogen-bond acceptors (Lipinski definition) is 3. The number of ether oxygens (including phenoxy) is 2. The molecule has 0 saturated carbocycles. The first kappa shape index (κ1) is 14.2. The summed E-state index contributed by atoms with van der Waals surface area (Å²) in [4.78, 5) is 11.2. The molecule has 0 radical (unpaired) electrons. The molecule has 3 rings (SSSR count). The zero-order chi connectivity index (χ0) is 15.4. The highest BCUT2D eigenvalue weighted by molar-refractivity contribution is 5.73. The third-order valence-electron chi connectivity index (χ3n) is 3.33. The van der Waals surface area contributed by atoms with Gasteiger partial charge in [0.05, 0.1) is 6.54 Å². The highest BCUT2D eigenvalue weighted by atomic mass is 16.6. The Labute approximate surface area is 129 Å². The van der Waals surface area contributed by atoms with Gasteiger partial charge in [0.25, 0.3) is 0 Å². The van der Waals surface area contributed by atoms with E-state index in [1.165, 1.54) is 6.92 Å². The summed E-state index contributed by atoms with van der Waals surface area (Å²) in [6.07, 6.45) is 0.615. The number of carbonyl (C=O) groups excluding carboxylic acids is 1. The summed E-state index contributed by atoms with van der Waals surface area (Å²) in [5.74, 6) is 2.62. The first-order chi connectivity index (χ1) is 10.7. The summed E-state index contributed by atoms with van der Waals surface area (Å²) < 4.78 is 11.9. The van der Waals surface area contributed by atoms with Gasteiger partial charge in [-0.3, -0.25) is 4.79 Å². The molecule has 0 atom stereocenters. The van der Waals surface area contributed by atoms with E-state index in [0.29, 0.717) is 30.2 Å². The van der Waals surface area contributed by atoms with Crippen molar-refractivity contribution in [3.05, 3.63) is 71.7 Å². The van der Waals surface area contributed by atoms with Crippen molar-refractivity contribution in [2.24, 2.45) is 0 Å². The molecule has 0 aliphatic carbocycles. The van der Waals surface area contributed by atoms with E-state index in [1.54, 1.807) is 0 Å². The number of allylic oxidation sites excluding steroid dienone is 1. The molecule has 0 saturated heterocycles. The second kappa shape index (κ2) is 6.35. The molecule has 0 spiro atoms. The van der Waals surface area contributed by atoms with Gasteiger partial charge < -0.3 is 14.8 Å². The van der Waals surface area contributed by atoms with Crippen molar-refractivity contribution in [2.45, 2.75) is 13.3 Å². The highest BCUT2D eigenvalue weighted by Crippen LogP contribution is 2.35. The first-order valence-electron chi connectivity index (χ1n) is 7.17. The summed E-state index contributed by atoms with van der Waals surface area (Å²) in [5.41, 5.74) is 1.13. The van der Waals surface area contributed by atoms with Crippen molar-refractivity contribution in [1.82, 2.24) is 5.32 Å². The molecular weight excluding hydrogens is 278 g/mol. The van der Waals surface area contributed by atoms with Crippen LogP contribution in [0.1, 0.15) is 12.5 Å². The Morgan fingerprint density at radius 1 is 0.909 bits per heavy atom. The molecule has 1 aliphatic heterocycles. The second-order valence-corrected chi connectivity index (χ2v) is 5.07. The van der Waals surface area contributed by atoms with Crippen LogP contribution in [0.2, 0.25) is 0 Å². The summed E-state index contributed by atoms with van der Waals surface area (Å²) in [7, 11) is 0. The van der Waals surface area contributed by atoms with Crippen LogP contribution in [0.25, 0.3) is 0 Å². The normalized spacial score (nSPS) is 13.0. The van der Waals surface area contributed by atoms with E-state index in [2.05, 4.69) is 5.32 Å². The lowest BCUT2D eigenvalue weighted by atomic mass is 10.1. The highest BCUT2D eigenvalue weighted by Gasteiger charge is 2.21. The van der Waals surface area contributed by atoms with Crippen molar-refractivity contribution in [3.8, 4) is 11.5 Å². The van der Waals surface area contributed by atoms with Gasteiger partial charge >= 0.3 is 0 Å². The topological polar surface area (TPSA) is 47.6 Å². The lowest BCUT2D eigenvalue weighted by Crippen LogP contribution is -2.28. The fourth-order valence-corrected chi connectivity index (χ4v) is 2.25. The van der Waals surface area contributed by atoms with Crippen molar-refractivity contribution < 1.29 is 14.3 Å². The van der Waals surface area contributed by atoms with E-state index >= 15 is 0 Å². The average molecular weight is 295 g/mol. The van der Waals surface area contributed by atoms with Gasteiger partial charge in [-0.05, 0) is 17.7 Å². The molecule has 2 aromatic rings. The molecule has 0 aromatic heterocycles. The Morgan fingerprint density at radius 3 is 2.14 bits per heavy atom. The number of benzene rings is 2. The quantitative estimate of drug-likeness (QED) is 0.943. The smallest absolute Gasteiger partial charge is 0.217 e. The van der Waals surface area contributed by atoms with Gasteiger partial charge in [-0.1, -0.05) is 42.5 Å². The van der Waals surface area contributed by atoms with Gasteiger partial charge in [-0.2, -0.15) is 0 Å². The Balaban J connectivity index is 1.87. The molecule has 0 unspecified atom stereocenters. The van der Waals surface area contributed by atoms with Crippen LogP contribution in [0.4, 0.5) is 0 Å². The molecule has 0 bridgehead atoms. The fourth-order valence-electron chi connectivity index (χ4n) is 2.25. The number of fused-ring (bicyclic) bond motifs is 1. The average Bonchev–Trinajstić information content (AvgIpc) is 2.53. The minimum absolute atomic E-state index is 0.103. The summed E-state index contributed by atoms with van der Waals surface area (Å²) in [6, 6.07) is 17.5. The van der Waals surface area contributed by atoms with E-state index in [0.717, 1.165) is 11.3 Å². The van der Waals surface area contributed by atoms with E-state index < -0.39 is 0 Å². The Morgan fingerprint density at radius 2 is 1.50 bits per heavy atom. The van der Waals surface area contributed by atoms with Crippen LogP contribution >= 0.6 is 0 Å². The molecule has 1 N–H and O–H groups in total.